The molecule has 0 aromatic carbocycles. The van der Waals surface area contributed by atoms with Gasteiger partial charge in [0, 0.05) is 17.4 Å². The number of carboxylic acids is 1. The number of alkyl halides is 3. The highest BCUT2D eigenvalue weighted by atomic mass is 19.4. The van der Waals surface area contributed by atoms with Gasteiger partial charge in [-0.05, 0) is 13.8 Å². The number of rotatable bonds is 4. The van der Waals surface area contributed by atoms with Gasteiger partial charge < -0.3 is 15.6 Å². The first-order valence-electron chi connectivity index (χ1n) is 5.07. The summed E-state index contributed by atoms with van der Waals surface area (Å²) >= 11 is 0. The number of hydrogen-bond acceptors (Lipinski definition) is 6. The standard InChI is InChI=1S/C7H14N2O4.C2HF3O2/c1-5(9(11)12)6(10)13-4-7(2,3)8;3-2(4,5)1(6)7/h5H,4,8H2,1-3H3;(H,6,7). The molecule has 20 heavy (non-hydrogen) atoms. The van der Waals surface area contributed by atoms with Crippen LogP contribution >= 0.6 is 0 Å². The van der Waals surface area contributed by atoms with Crippen molar-refractivity contribution in [3.63, 3.8) is 0 Å². The molecule has 0 saturated carbocycles. The van der Waals surface area contributed by atoms with E-state index in [9.17, 15) is 28.1 Å². The minimum absolute atomic E-state index is 0.0238. The molecule has 0 heterocycles. The first kappa shape index (κ1) is 20.4. The van der Waals surface area contributed by atoms with Crippen molar-refractivity contribution < 1.29 is 37.5 Å². The quantitative estimate of drug-likeness (QED) is 0.440. The third-order valence-corrected chi connectivity index (χ3v) is 1.49. The lowest BCUT2D eigenvalue weighted by atomic mass is 10.1. The van der Waals surface area contributed by atoms with Gasteiger partial charge in [0.05, 0.1) is 0 Å². The molecule has 118 valence electrons. The topological polar surface area (TPSA) is 133 Å². The molecular formula is C9H15F3N2O6. The number of aliphatic carboxylic acids is 1. The molecule has 0 aliphatic carbocycles. The molecule has 0 radical (unpaired) electrons. The fraction of sp³-hybridized carbons (Fsp3) is 0.778. The Bertz CT molecular complexity index is 364. The van der Waals surface area contributed by atoms with Gasteiger partial charge in [-0.3, -0.25) is 10.1 Å². The van der Waals surface area contributed by atoms with Crippen LogP contribution in [0.15, 0.2) is 0 Å². The summed E-state index contributed by atoms with van der Waals surface area (Å²) in [6, 6.07) is -1.33. The molecule has 0 aromatic heterocycles. The molecule has 1 atom stereocenters. The van der Waals surface area contributed by atoms with E-state index in [1.165, 1.54) is 6.92 Å². The van der Waals surface area contributed by atoms with Crippen molar-refractivity contribution in [2.24, 2.45) is 5.73 Å². The monoisotopic (exact) mass is 304 g/mol. The van der Waals surface area contributed by atoms with Gasteiger partial charge in [0.1, 0.15) is 6.61 Å². The highest BCUT2D eigenvalue weighted by Gasteiger charge is 2.38. The van der Waals surface area contributed by atoms with E-state index in [2.05, 4.69) is 4.74 Å². The van der Waals surface area contributed by atoms with Crippen LogP contribution in [0.2, 0.25) is 0 Å². The SMILES string of the molecule is CC(C(=O)OCC(C)(C)N)[N+](=O)[O-].O=C(O)C(F)(F)F. The van der Waals surface area contributed by atoms with Crippen molar-refractivity contribution in [1.82, 2.24) is 0 Å². The lowest BCUT2D eigenvalue weighted by Gasteiger charge is -2.17. The molecule has 0 fully saturated rings. The summed E-state index contributed by atoms with van der Waals surface area (Å²) in [5.74, 6) is -3.61. The highest BCUT2D eigenvalue weighted by Crippen LogP contribution is 2.13. The van der Waals surface area contributed by atoms with Crippen LogP contribution in [-0.4, -0.2) is 46.3 Å². The van der Waals surface area contributed by atoms with Crippen molar-refractivity contribution in [1.29, 1.82) is 0 Å². The number of halogens is 3. The van der Waals surface area contributed by atoms with E-state index in [4.69, 9.17) is 15.6 Å². The van der Waals surface area contributed by atoms with Crippen LogP contribution in [-0.2, 0) is 14.3 Å². The molecule has 0 rings (SSSR count). The van der Waals surface area contributed by atoms with Crippen molar-refractivity contribution in [3.8, 4) is 0 Å². The second-order valence-electron chi connectivity index (χ2n) is 4.36. The molecule has 11 heteroatoms. The molecule has 0 aliphatic heterocycles. The van der Waals surface area contributed by atoms with Gasteiger partial charge in [-0.15, -0.1) is 0 Å². The summed E-state index contributed by atoms with van der Waals surface area (Å²) in [4.78, 5) is 29.2. The summed E-state index contributed by atoms with van der Waals surface area (Å²) in [7, 11) is 0. The Balaban J connectivity index is 0. The van der Waals surface area contributed by atoms with Crippen molar-refractivity contribution in [2.75, 3.05) is 6.61 Å². The molecule has 0 amide bonds. The van der Waals surface area contributed by atoms with E-state index in [-0.39, 0.29) is 6.61 Å². The Hall–Kier alpha value is -1.91. The minimum atomic E-state index is -5.08. The number of esters is 1. The first-order valence-corrected chi connectivity index (χ1v) is 5.07. The Morgan fingerprint density at radius 1 is 1.40 bits per heavy atom. The zero-order valence-corrected chi connectivity index (χ0v) is 10.9. The van der Waals surface area contributed by atoms with Crippen LogP contribution in [0.25, 0.3) is 0 Å². The van der Waals surface area contributed by atoms with E-state index in [1.54, 1.807) is 13.8 Å². The largest absolute Gasteiger partial charge is 0.490 e. The third kappa shape index (κ3) is 11.2. The summed E-state index contributed by atoms with van der Waals surface area (Å²) in [6.45, 7) is 4.48. The number of nitrogens with two attached hydrogens (primary N) is 1. The average Bonchev–Trinajstić information content (AvgIpc) is 2.23. The van der Waals surface area contributed by atoms with Gasteiger partial charge in [0.15, 0.2) is 0 Å². The third-order valence-electron chi connectivity index (χ3n) is 1.49. The smallest absolute Gasteiger partial charge is 0.475 e. The van der Waals surface area contributed by atoms with Gasteiger partial charge in [0.25, 0.3) is 0 Å². The van der Waals surface area contributed by atoms with E-state index < -0.39 is 34.6 Å². The maximum Gasteiger partial charge on any atom is 0.490 e. The average molecular weight is 304 g/mol. The van der Waals surface area contributed by atoms with Gasteiger partial charge >= 0.3 is 24.2 Å². The normalized spacial score (nSPS) is 12.8. The van der Waals surface area contributed by atoms with Crippen LogP contribution in [0.1, 0.15) is 20.8 Å². The van der Waals surface area contributed by atoms with E-state index in [1.807, 2.05) is 0 Å². The fourth-order valence-corrected chi connectivity index (χ4v) is 0.464. The number of nitro groups is 1. The maximum atomic E-state index is 10.9. The fourth-order valence-electron chi connectivity index (χ4n) is 0.464. The van der Waals surface area contributed by atoms with Gasteiger partial charge in [0.2, 0.25) is 0 Å². The Morgan fingerprint density at radius 2 is 1.75 bits per heavy atom. The summed E-state index contributed by atoms with van der Waals surface area (Å²) < 4.78 is 36.4. The Labute approximate surface area is 111 Å². The van der Waals surface area contributed by atoms with Crippen LogP contribution in [0.4, 0.5) is 13.2 Å². The molecular weight excluding hydrogens is 289 g/mol. The zero-order chi connectivity index (χ0) is 16.7. The van der Waals surface area contributed by atoms with Crippen LogP contribution in [0.3, 0.4) is 0 Å². The summed E-state index contributed by atoms with van der Waals surface area (Å²) in [5, 5.41) is 17.3. The predicted octanol–water partition coefficient (Wildman–Crippen LogP) is 0.565. The predicted molar refractivity (Wildman–Crippen MR) is 59.4 cm³/mol. The van der Waals surface area contributed by atoms with Crippen LogP contribution in [0, 0.1) is 10.1 Å². The van der Waals surface area contributed by atoms with Crippen LogP contribution in [0.5, 0.6) is 0 Å². The summed E-state index contributed by atoms with van der Waals surface area (Å²) in [5.41, 5.74) is 4.85. The van der Waals surface area contributed by atoms with E-state index in [0.29, 0.717) is 0 Å². The van der Waals surface area contributed by atoms with Gasteiger partial charge in [-0.1, -0.05) is 0 Å². The number of ether oxygens (including phenoxy) is 1. The van der Waals surface area contributed by atoms with Crippen LogP contribution < -0.4 is 5.73 Å². The van der Waals surface area contributed by atoms with E-state index in [0.717, 1.165) is 0 Å². The lowest BCUT2D eigenvalue weighted by molar-refractivity contribution is -0.506. The molecule has 0 saturated heterocycles. The molecule has 0 bridgehead atoms. The number of hydrogen-bond donors (Lipinski definition) is 2. The Morgan fingerprint density at radius 3 is 1.95 bits per heavy atom. The minimum Gasteiger partial charge on any atom is -0.475 e. The molecule has 8 nitrogen and oxygen atoms in total. The number of nitrogens with zero attached hydrogens (tertiary/aromatic N) is 1. The van der Waals surface area contributed by atoms with Crippen molar-refractivity contribution in [2.45, 2.75) is 38.5 Å². The number of carboxylic acid groups (broad SMARTS) is 1. The lowest BCUT2D eigenvalue weighted by Crippen LogP contribution is -2.40. The molecule has 0 aromatic rings. The van der Waals surface area contributed by atoms with Gasteiger partial charge in [-0.2, -0.15) is 13.2 Å². The first-order chi connectivity index (χ1) is 8.68. The number of carbonyl (C=O) groups is 2. The highest BCUT2D eigenvalue weighted by molar-refractivity contribution is 5.74. The van der Waals surface area contributed by atoms with Gasteiger partial charge in [-0.25, -0.2) is 9.59 Å². The maximum absolute atomic E-state index is 10.9. The molecule has 1 unspecified atom stereocenters. The molecule has 0 spiro atoms. The van der Waals surface area contributed by atoms with Crippen molar-refractivity contribution >= 4 is 11.9 Å². The molecule has 3 N–H and O–H groups in total. The number of carbonyl (C=O) groups excluding carboxylic acids is 1. The second-order valence-corrected chi connectivity index (χ2v) is 4.36. The Kier molecular flexibility index (Phi) is 7.78. The summed E-state index contributed by atoms with van der Waals surface area (Å²) in [6.07, 6.45) is -5.08. The zero-order valence-electron chi connectivity index (χ0n) is 10.9. The molecule has 0 aliphatic rings. The van der Waals surface area contributed by atoms with Crippen molar-refractivity contribution in [3.05, 3.63) is 10.1 Å². The van der Waals surface area contributed by atoms with E-state index >= 15 is 0 Å². The second kappa shape index (κ2) is 7.62.